The van der Waals surface area contributed by atoms with Crippen molar-refractivity contribution in [2.24, 2.45) is 11.7 Å². The highest BCUT2D eigenvalue weighted by atomic mass is 16.3. The van der Waals surface area contributed by atoms with Crippen LogP contribution in [0.1, 0.15) is 31.6 Å². The Hall–Kier alpha value is -1.32. The number of furan rings is 1. The minimum absolute atomic E-state index is 0.0250. The molecule has 1 aromatic carbocycles. The Morgan fingerprint density at radius 3 is 3.00 bits per heavy atom. The minimum Gasteiger partial charge on any atom is -0.459 e. The van der Waals surface area contributed by atoms with Crippen molar-refractivity contribution < 1.29 is 4.42 Å². The molecule has 2 aromatic rings. The number of hydrogen-bond acceptors (Lipinski definition) is 3. The lowest BCUT2D eigenvalue weighted by atomic mass is 10.1. The average molecular weight is 258 g/mol. The maximum atomic E-state index is 6.29. The first-order chi connectivity index (χ1) is 9.26. The molecule has 3 nitrogen and oxygen atoms in total. The summed E-state index contributed by atoms with van der Waals surface area (Å²) in [5.41, 5.74) is 7.22. The lowest BCUT2D eigenvalue weighted by molar-refractivity contribution is 0.289. The van der Waals surface area contributed by atoms with Crippen LogP contribution in [-0.2, 0) is 0 Å². The van der Waals surface area contributed by atoms with E-state index in [1.807, 2.05) is 18.2 Å². The minimum atomic E-state index is -0.0250. The molecule has 2 N–H and O–H groups in total. The Bertz CT molecular complexity index is 515. The lowest BCUT2D eigenvalue weighted by Crippen LogP contribution is -2.30. The monoisotopic (exact) mass is 258 g/mol. The van der Waals surface area contributed by atoms with Gasteiger partial charge in [0.1, 0.15) is 11.3 Å². The second-order valence-corrected chi connectivity index (χ2v) is 5.62. The van der Waals surface area contributed by atoms with Crippen LogP contribution >= 0.6 is 0 Å². The molecule has 19 heavy (non-hydrogen) atoms. The molecule has 0 amide bonds. The highest BCUT2D eigenvalue weighted by molar-refractivity contribution is 5.77. The normalized spacial score (nSPS) is 22.1. The molecular formula is C16H22N2O. The van der Waals surface area contributed by atoms with E-state index in [-0.39, 0.29) is 6.04 Å². The van der Waals surface area contributed by atoms with E-state index in [0.29, 0.717) is 0 Å². The molecule has 1 aromatic heterocycles. The van der Waals surface area contributed by atoms with Crippen LogP contribution < -0.4 is 5.73 Å². The fourth-order valence-electron chi connectivity index (χ4n) is 2.97. The van der Waals surface area contributed by atoms with Gasteiger partial charge in [-0.3, -0.25) is 0 Å². The predicted octanol–water partition coefficient (Wildman–Crippen LogP) is 3.16. The molecule has 1 aliphatic rings. The number of fused-ring (bicyclic) bond motifs is 1. The van der Waals surface area contributed by atoms with Crippen molar-refractivity contribution in [3.05, 3.63) is 36.1 Å². The number of para-hydroxylation sites is 1. The van der Waals surface area contributed by atoms with Crippen molar-refractivity contribution in [1.29, 1.82) is 0 Å². The summed E-state index contributed by atoms with van der Waals surface area (Å²) >= 11 is 0. The number of rotatable bonds is 4. The summed E-state index contributed by atoms with van der Waals surface area (Å²) in [6, 6.07) is 10.1. The van der Waals surface area contributed by atoms with Gasteiger partial charge in [0.05, 0.1) is 6.04 Å². The van der Waals surface area contributed by atoms with Crippen LogP contribution in [0.2, 0.25) is 0 Å². The molecule has 0 saturated carbocycles. The van der Waals surface area contributed by atoms with Crippen LogP contribution in [0.4, 0.5) is 0 Å². The van der Waals surface area contributed by atoms with E-state index in [1.165, 1.54) is 25.9 Å². The molecule has 102 valence electrons. The van der Waals surface area contributed by atoms with Crippen molar-refractivity contribution in [1.82, 2.24) is 4.90 Å². The summed E-state index contributed by atoms with van der Waals surface area (Å²) in [7, 11) is 0. The molecule has 1 saturated heterocycles. The van der Waals surface area contributed by atoms with Gasteiger partial charge >= 0.3 is 0 Å². The van der Waals surface area contributed by atoms with E-state index in [2.05, 4.69) is 24.0 Å². The number of nitrogens with zero attached hydrogens (tertiary/aromatic N) is 1. The van der Waals surface area contributed by atoms with Gasteiger partial charge in [0.15, 0.2) is 0 Å². The molecule has 0 spiro atoms. The fraction of sp³-hybridized carbons (Fsp3) is 0.500. The Balaban J connectivity index is 1.68. The molecule has 2 heterocycles. The van der Waals surface area contributed by atoms with Crippen LogP contribution in [0.15, 0.2) is 34.7 Å². The Morgan fingerprint density at radius 2 is 2.26 bits per heavy atom. The molecule has 0 bridgehead atoms. The van der Waals surface area contributed by atoms with Gasteiger partial charge < -0.3 is 15.1 Å². The summed E-state index contributed by atoms with van der Waals surface area (Å²) in [6.07, 6.45) is 2.58. The van der Waals surface area contributed by atoms with E-state index >= 15 is 0 Å². The van der Waals surface area contributed by atoms with E-state index in [1.54, 1.807) is 0 Å². The second-order valence-electron chi connectivity index (χ2n) is 5.62. The fourth-order valence-corrected chi connectivity index (χ4v) is 2.97. The average Bonchev–Trinajstić information content (AvgIpc) is 3.04. The van der Waals surface area contributed by atoms with Gasteiger partial charge in [-0.05, 0) is 31.0 Å². The maximum absolute atomic E-state index is 6.29. The number of hydrogen-bond donors (Lipinski definition) is 1. The van der Waals surface area contributed by atoms with Gasteiger partial charge in [-0.2, -0.15) is 0 Å². The SMILES string of the molecule is CCC1CCN(CC(N)c2cc3ccccc3o2)C1. The zero-order chi connectivity index (χ0) is 13.2. The Kier molecular flexibility index (Phi) is 3.58. The van der Waals surface area contributed by atoms with Gasteiger partial charge in [-0.1, -0.05) is 31.5 Å². The highest BCUT2D eigenvalue weighted by Crippen LogP contribution is 2.25. The molecule has 1 aliphatic heterocycles. The third-order valence-corrected chi connectivity index (χ3v) is 4.21. The third-order valence-electron chi connectivity index (χ3n) is 4.21. The van der Waals surface area contributed by atoms with Crippen molar-refractivity contribution in [3.63, 3.8) is 0 Å². The topological polar surface area (TPSA) is 42.4 Å². The third kappa shape index (κ3) is 2.67. The standard InChI is InChI=1S/C16H22N2O/c1-2-12-7-8-18(10-12)11-14(17)16-9-13-5-3-4-6-15(13)19-16/h3-6,9,12,14H,2,7-8,10-11,17H2,1H3. The van der Waals surface area contributed by atoms with Crippen molar-refractivity contribution in [2.45, 2.75) is 25.8 Å². The van der Waals surface area contributed by atoms with E-state index < -0.39 is 0 Å². The zero-order valence-corrected chi connectivity index (χ0v) is 11.5. The van der Waals surface area contributed by atoms with Crippen molar-refractivity contribution in [3.8, 4) is 0 Å². The summed E-state index contributed by atoms with van der Waals surface area (Å²) in [6.45, 7) is 5.53. The smallest absolute Gasteiger partial charge is 0.134 e. The first kappa shape index (κ1) is 12.7. The molecular weight excluding hydrogens is 236 g/mol. The maximum Gasteiger partial charge on any atom is 0.134 e. The van der Waals surface area contributed by atoms with E-state index in [9.17, 15) is 0 Å². The van der Waals surface area contributed by atoms with Crippen LogP contribution in [0, 0.1) is 5.92 Å². The molecule has 0 aliphatic carbocycles. The zero-order valence-electron chi connectivity index (χ0n) is 11.5. The van der Waals surface area contributed by atoms with Gasteiger partial charge in [-0.15, -0.1) is 0 Å². The van der Waals surface area contributed by atoms with Crippen LogP contribution in [-0.4, -0.2) is 24.5 Å². The van der Waals surface area contributed by atoms with Crippen LogP contribution in [0.25, 0.3) is 11.0 Å². The number of likely N-dealkylation sites (tertiary alicyclic amines) is 1. The van der Waals surface area contributed by atoms with Gasteiger partial charge in [0.25, 0.3) is 0 Å². The molecule has 2 atom stereocenters. The molecule has 2 unspecified atom stereocenters. The van der Waals surface area contributed by atoms with Crippen LogP contribution in [0.5, 0.6) is 0 Å². The lowest BCUT2D eigenvalue weighted by Gasteiger charge is -2.19. The van der Waals surface area contributed by atoms with Gasteiger partial charge in [0.2, 0.25) is 0 Å². The number of benzene rings is 1. The van der Waals surface area contributed by atoms with Crippen molar-refractivity contribution in [2.75, 3.05) is 19.6 Å². The summed E-state index contributed by atoms with van der Waals surface area (Å²) in [5, 5.41) is 1.14. The molecule has 1 fully saturated rings. The van der Waals surface area contributed by atoms with Gasteiger partial charge in [0, 0.05) is 18.5 Å². The second kappa shape index (κ2) is 5.35. The number of nitrogens with two attached hydrogens (primary N) is 1. The summed E-state index contributed by atoms with van der Waals surface area (Å²) < 4.78 is 5.84. The van der Waals surface area contributed by atoms with E-state index in [0.717, 1.165) is 29.2 Å². The molecule has 3 heteroatoms. The highest BCUT2D eigenvalue weighted by Gasteiger charge is 2.23. The van der Waals surface area contributed by atoms with Crippen molar-refractivity contribution >= 4 is 11.0 Å². The first-order valence-corrected chi connectivity index (χ1v) is 7.22. The Morgan fingerprint density at radius 1 is 1.42 bits per heavy atom. The Labute approximate surface area is 114 Å². The predicted molar refractivity (Wildman–Crippen MR) is 78.0 cm³/mol. The molecule has 0 radical (unpaired) electrons. The van der Waals surface area contributed by atoms with Gasteiger partial charge in [-0.25, -0.2) is 0 Å². The quantitative estimate of drug-likeness (QED) is 0.916. The summed E-state index contributed by atoms with van der Waals surface area (Å²) in [5.74, 6) is 1.75. The molecule has 3 rings (SSSR count). The van der Waals surface area contributed by atoms with E-state index in [4.69, 9.17) is 10.2 Å². The van der Waals surface area contributed by atoms with Crippen LogP contribution in [0.3, 0.4) is 0 Å². The summed E-state index contributed by atoms with van der Waals surface area (Å²) in [4.78, 5) is 2.46. The first-order valence-electron chi connectivity index (χ1n) is 7.22. The largest absolute Gasteiger partial charge is 0.459 e.